The molecule has 9 heavy (non-hydrogen) atoms. The van der Waals surface area contributed by atoms with Gasteiger partial charge in [0.2, 0.25) is 0 Å². The van der Waals surface area contributed by atoms with Crippen molar-refractivity contribution in [2.24, 2.45) is 0 Å². The summed E-state index contributed by atoms with van der Waals surface area (Å²) in [7, 11) is 0. The van der Waals surface area contributed by atoms with Crippen LogP contribution in [0.2, 0.25) is 0 Å². The third-order valence-corrected chi connectivity index (χ3v) is 1.10. The molecule has 0 radical (unpaired) electrons. The standard InChI is InChI=1S/C7H14N2/c1-4-5-9-7(2,3)6-8/h9H,4-5H2,1-3H3. The second-order valence-corrected chi connectivity index (χ2v) is 2.66. The molecule has 0 aromatic heterocycles. The van der Waals surface area contributed by atoms with Gasteiger partial charge >= 0.3 is 0 Å². The number of nitriles is 1. The van der Waals surface area contributed by atoms with E-state index in [1.807, 2.05) is 13.8 Å². The Labute approximate surface area is 56.9 Å². The molecule has 0 fully saturated rings. The Morgan fingerprint density at radius 3 is 2.44 bits per heavy atom. The van der Waals surface area contributed by atoms with Gasteiger partial charge < -0.3 is 0 Å². The molecule has 0 saturated heterocycles. The van der Waals surface area contributed by atoms with Crippen LogP contribution in [-0.2, 0) is 0 Å². The lowest BCUT2D eigenvalue weighted by atomic mass is 10.1. The summed E-state index contributed by atoms with van der Waals surface area (Å²) < 4.78 is 0. The molecule has 0 bridgehead atoms. The predicted molar refractivity (Wildman–Crippen MR) is 38.0 cm³/mol. The minimum absolute atomic E-state index is 0.351. The summed E-state index contributed by atoms with van der Waals surface area (Å²) >= 11 is 0. The molecule has 52 valence electrons. The van der Waals surface area contributed by atoms with Crippen LogP contribution in [0.4, 0.5) is 0 Å². The molecule has 0 aliphatic carbocycles. The van der Waals surface area contributed by atoms with Gasteiger partial charge in [0.25, 0.3) is 0 Å². The molecule has 0 saturated carbocycles. The lowest BCUT2D eigenvalue weighted by Gasteiger charge is -2.15. The molecule has 0 atom stereocenters. The molecule has 0 spiro atoms. The van der Waals surface area contributed by atoms with Gasteiger partial charge in [0.1, 0.15) is 5.54 Å². The van der Waals surface area contributed by atoms with Crippen LogP contribution >= 0.6 is 0 Å². The molecule has 2 nitrogen and oxygen atoms in total. The van der Waals surface area contributed by atoms with Crippen molar-refractivity contribution in [2.75, 3.05) is 6.54 Å². The smallest absolute Gasteiger partial charge is 0.101 e. The maximum atomic E-state index is 8.51. The lowest BCUT2D eigenvalue weighted by Crippen LogP contribution is -2.37. The zero-order chi connectivity index (χ0) is 7.33. The Morgan fingerprint density at radius 1 is 1.56 bits per heavy atom. The van der Waals surface area contributed by atoms with E-state index in [1.54, 1.807) is 0 Å². The minimum Gasteiger partial charge on any atom is -0.300 e. The first-order valence-electron chi connectivity index (χ1n) is 3.28. The van der Waals surface area contributed by atoms with Crippen LogP contribution in [0.25, 0.3) is 0 Å². The van der Waals surface area contributed by atoms with Gasteiger partial charge in [-0.2, -0.15) is 5.26 Å². The van der Waals surface area contributed by atoms with E-state index in [-0.39, 0.29) is 5.54 Å². The minimum atomic E-state index is -0.351. The van der Waals surface area contributed by atoms with E-state index in [0.717, 1.165) is 13.0 Å². The Kier molecular flexibility index (Phi) is 3.26. The van der Waals surface area contributed by atoms with Crippen molar-refractivity contribution in [3.8, 4) is 6.07 Å². The molecule has 0 aromatic rings. The first kappa shape index (κ1) is 8.45. The third kappa shape index (κ3) is 3.99. The highest BCUT2D eigenvalue weighted by atomic mass is 14.9. The number of rotatable bonds is 3. The largest absolute Gasteiger partial charge is 0.300 e. The van der Waals surface area contributed by atoms with E-state index in [2.05, 4.69) is 18.3 Å². The summed E-state index contributed by atoms with van der Waals surface area (Å²) in [5, 5.41) is 11.6. The van der Waals surface area contributed by atoms with Crippen molar-refractivity contribution in [3.05, 3.63) is 0 Å². The van der Waals surface area contributed by atoms with Crippen molar-refractivity contribution >= 4 is 0 Å². The van der Waals surface area contributed by atoms with E-state index < -0.39 is 0 Å². The second kappa shape index (κ2) is 3.47. The molecular weight excluding hydrogens is 112 g/mol. The number of hydrogen-bond donors (Lipinski definition) is 1. The van der Waals surface area contributed by atoms with E-state index in [9.17, 15) is 0 Å². The molecule has 0 rings (SSSR count). The van der Waals surface area contributed by atoms with Crippen LogP contribution in [0, 0.1) is 11.3 Å². The monoisotopic (exact) mass is 126 g/mol. The van der Waals surface area contributed by atoms with Gasteiger partial charge in [0.05, 0.1) is 6.07 Å². The second-order valence-electron chi connectivity index (χ2n) is 2.66. The zero-order valence-electron chi connectivity index (χ0n) is 6.36. The Bertz CT molecular complexity index is 111. The Balaban J connectivity index is 3.49. The predicted octanol–water partition coefficient (Wildman–Crippen LogP) is 1.29. The summed E-state index contributed by atoms with van der Waals surface area (Å²) in [5.74, 6) is 0. The van der Waals surface area contributed by atoms with Gasteiger partial charge in [-0.3, -0.25) is 5.32 Å². The fourth-order valence-corrected chi connectivity index (χ4v) is 0.477. The molecule has 0 aromatic carbocycles. The summed E-state index contributed by atoms with van der Waals surface area (Å²) in [5.41, 5.74) is -0.351. The maximum Gasteiger partial charge on any atom is 0.101 e. The number of nitrogens with zero attached hydrogens (tertiary/aromatic N) is 1. The van der Waals surface area contributed by atoms with Crippen molar-refractivity contribution in [1.82, 2.24) is 5.32 Å². The fourth-order valence-electron chi connectivity index (χ4n) is 0.477. The van der Waals surface area contributed by atoms with Gasteiger partial charge in [-0.05, 0) is 26.8 Å². The highest BCUT2D eigenvalue weighted by Gasteiger charge is 2.12. The van der Waals surface area contributed by atoms with Crippen LogP contribution in [0.5, 0.6) is 0 Å². The van der Waals surface area contributed by atoms with Crippen molar-refractivity contribution in [1.29, 1.82) is 5.26 Å². The van der Waals surface area contributed by atoms with Crippen LogP contribution in [0.3, 0.4) is 0 Å². The summed E-state index contributed by atoms with van der Waals surface area (Å²) in [4.78, 5) is 0. The van der Waals surface area contributed by atoms with Crippen molar-refractivity contribution in [3.63, 3.8) is 0 Å². The van der Waals surface area contributed by atoms with Crippen molar-refractivity contribution in [2.45, 2.75) is 32.7 Å². The van der Waals surface area contributed by atoms with Crippen LogP contribution in [0.1, 0.15) is 27.2 Å². The van der Waals surface area contributed by atoms with Gasteiger partial charge in [0, 0.05) is 0 Å². The molecule has 0 aliphatic heterocycles. The van der Waals surface area contributed by atoms with Gasteiger partial charge in [-0.1, -0.05) is 6.92 Å². The molecule has 0 aliphatic rings. The quantitative estimate of drug-likeness (QED) is 0.618. The Hall–Kier alpha value is -0.550. The van der Waals surface area contributed by atoms with Gasteiger partial charge in [0.15, 0.2) is 0 Å². The lowest BCUT2D eigenvalue weighted by molar-refractivity contribution is 0.486. The fraction of sp³-hybridized carbons (Fsp3) is 0.857. The van der Waals surface area contributed by atoms with E-state index in [0.29, 0.717) is 0 Å². The molecule has 0 unspecified atom stereocenters. The first-order chi connectivity index (χ1) is 4.12. The highest BCUT2D eigenvalue weighted by molar-refractivity contribution is 4.99. The zero-order valence-corrected chi connectivity index (χ0v) is 6.36. The normalized spacial score (nSPS) is 10.9. The third-order valence-electron chi connectivity index (χ3n) is 1.10. The molecule has 1 N–H and O–H groups in total. The average molecular weight is 126 g/mol. The molecule has 0 heterocycles. The topological polar surface area (TPSA) is 35.8 Å². The maximum absolute atomic E-state index is 8.51. The summed E-state index contributed by atoms with van der Waals surface area (Å²) in [6.07, 6.45) is 1.07. The summed E-state index contributed by atoms with van der Waals surface area (Å²) in [6.45, 7) is 6.76. The van der Waals surface area contributed by atoms with Gasteiger partial charge in [-0.15, -0.1) is 0 Å². The van der Waals surface area contributed by atoms with Crippen LogP contribution < -0.4 is 5.32 Å². The summed E-state index contributed by atoms with van der Waals surface area (Å²) in [6, 6.07) is 2.16. The van der Waals surface area contributed by atoms with Gasteiger partial charge in [-0.25, -0.2) is 0 Å². The first-order valence-corrected chi connectivity index (χ1v) is 3.28. The molecule has 0 amide bonds. The average Bonchev–Trinajstić information content (AvgIpc) is 1.84. The highest BCUT2D eigenvalue weighted by Crippen LogP contribution is 1.97. The van der Waals surface area contributed by atoms with Crippen LogP contribution in [-0.4, -0.2) is 12.1 Å². The van der Waals surface area contributed by atoms with E-state index in [4.69, 9.17) is 5.26 Å². The molecule has 2 heteroatoms. The van der Waals surface area contributed by atoms with E-state index >= 15 is 0 Å². The SMILES string of the molecule is CCCNC(C)(C)C#N. The Morgan fingerprint density at radius 2 is 2.11 bits per heavy atom. The number of hydrogen-bond acceptors (Lipinski definition) is 2. The molecular formula is C7H14N2. The van der Waals surface area contributed by atoms with Crippen molar-refractivity contribution < 1.29 is 0 Å². The van der Waals surface area contributed by atoms with E-state index in [1.165, 1.54) is 0 Å². The van der Waals surface area contributed by atoms with Crippen LogP contribution in [0.15, 0.2) is 0 Å². The number of nitrogens with one attached hydrogen (secondary N) is 1.